The van der Waals surface area contributed by atoms with Gasteiger partial charge in [0, 0.05) is 11.3 Å². The maximum absolute atomic E-state index is 13.3. The van der Waals surface area contributed by atoms with Crippen molar-refractivity contribution in [3.05, 3.63) is 65.8 Å². The quantitative estimate of drug-likeness (QED) is 0.791. The number of anilines is 1. The molecule has 0 radical (unpaired) electrons. The molecule has 0 saturated heterocycles. The Kier molecular flexibility index (Phi) is 3.64. The molecule has 106 valence electrons. The molecule has 2 aromatic carbocycles. The van der Waals surface area contributed by atoms with Gasteiger partial charge >= 0.3 is 0 Å². The van der Waals surface area contributed by atoms with E-state index in [-0.39, 0.29) is 5.82 Å². The van der Waals surface area contributed by atoms with Gasteiger partial charge in [0.05, 0.1) is 6.54 Å². The fourth-order valence-corrected chi connectivity index (χ4v) is 2.04. The van der Waals surface area contributed by atoms with Crippen LogP contribution in [0.2, 0.25) is 0 Å². The number of hydrogen-bond acceptors (Lipinski definition) is 4. The van der Waals surface area contributed by atoms with Gasteiger partial charge in [-0.15, -0.1) is 10.2 Å². The van der Waals surface area contributed by atoms with E-state index in [1.807, 2.05) is 43.3 Å². The molecule has 1 aromatic heterocycles. The molecular formula is C16H14FN3O. The average molecular weight is 283 g/mol. The highest BCUT2D eigenvalue weighted by Gasteiger charge is 2.08. The first-order valence-electron chi connectivity index (χ1n) is 6.59. The Morgan fingerprint density at radius 3 is 2.67 bits per heavy atom. The third-order valence-electron chi connectivity index (χ3n) is 2.97. The van der Waals surface area contributed by atoms with Gasteiger partial charge < -0.3 is 9.73 Å². The molecule has 5 heteroatoms. The second-order valence-corrected chi connectivity index (χ2v) is 4.74. The number of aryl methyl sites for hydroxylation is 1. The summed E-state index contributed by atoms with van der Waals surface area (Å²) in [6.07, 6.45) is 0. The van der Waals surface area contributed by atoms with Crippen LogP contribution in [-0.2, 0) is 6.54 Å². The number of aromatic nitrogens is 2. The standard InChI is InChI=1S/C16H14FN3O/c1-11-7-13(17)9-14(8-11)18-10-15-19-20-16(21-15)12-5-3-2-4-6-12/h2-9,18H,10H2,1H3. The second kappa shape index (κ2) is 5.75. The molecule has 0 bridgehead atoms. The Bertz CT molecular complexity index is 720. The van der Waals surface area contributed by atoms with Gasteiger partial charge in [0.2, 0.25) is 11.8 Å². The van der Waals surface area contributed by atoms with E-state index in [0.29, 0.717) is 24.0 Å². The first kappa shape index (κ1) is 13.3. The predicted octanol–water partition coefficient (Wildman–Crippen LogP) is 3.80. The van der Waals surface area contributed by atoms with Gasteiger partial charge in [0.25, 0.3) is 0 Å². The zero-order valence-electron chi connectivity index (χ0n) is 11.5. The minimum Gasteiger partial charge on any atom is -0.419 e. The summed E-state index contributed by atoms with van der Waals surface area (Å²) in [5.41, 5.74) is 2.41. The summed E-state index contributed by atoms with van der Waals surface area (Å²) >= 11 is 0. The fraction of sp³-hybridized carbons (Fsp3) is 0.125. The lowest BCUT2D eigenvalue weighted by atomic mass is 10.2. The maximum Gasteiger partial charge on any atom is 0.247 e. The van der Waals surface area contributed by atoms with Crippen LogP contribution in [0.25, 0.3) is 11.5 Å². The van der Waals surface area contributed by atoms with Crippen molar-refractivity contribution in [3.63, 3.8) is 0 Å². The van der Waals surface area contributed by atoms with Crippen molar-refractivity contribution in [3.8, 4) is 11.5 Å². The third-order valence-corrected chi connectivity index (χ3v) is 2.97. The van der Waals surface area contributed by atoms with E-state index in [9.17, 15) is 4.39 Å². The molecule has 3 aromatic rings. The molecule has 3 rings (SSSR count). The summed E-state index contributed by atoms with van der Waals surface area (Å²) in [5.74, 6) is 0.659. The Balaban J connectivity index is 1.70. The Morgan fingerprint density at radius 2 is 1.90 bits per heavy atom. The smallest absolute Gasteiger partial charge is 0.247 e. The van der Waals surface area contributed by atoms with Crippen molar-refractivity contribution < 1.29 is 8.81 Å². The molecule has 0 unspecified atom stereocenters. The molecule has 1 heterocycles. The van der Waals surface area contributed by atoms with E-state index in [4.69, 9.17) is 4.42 Å². The van der Waals surface area contributed by atoms with Gasteiger partial charge in [-0.05, 0) is 42.8 Å². The monoisotopic (exact) mass is 283 g/mol. The minimum absolute atomic E-state index is 0.270. The van der Waals surface area contributed by atoms with Crippen molar-refractivity contribution in [1.29, 1.82) is 0 Å². The molecular weight excluding hydrogens is 269 g/mol. The number of nitrogens with one attached hydrogen (secondary N) is 1. The number of benzene rings is 2. The Hall–Kier alpha value is -2.69. The summed E-state index contributed by atoms with van der Waals surface area (Å²) in [4.78, 5) is 0. The van der Waals surface area contributed by atoms with Crippen LogP contribution in [0.4, 0.5) is 10.1 Å². The highest BCUT2D eigenvalue weighted by Crippen LogP contribution is 2.18. The van der Waals surface area contributed by atoms with Gasteiger partial charge in [0.1, 0.15) is 5.82 Å². The van der Waals surface area contributed by atoms with Crippen molar-refractivity contribution in [2.75, 3.05) is 5.32 Å². The van der Waals surface area contributed by atoms with Crippen LogP contribution < -0.4 is 5.32 Å². The topological polar surface area (TPSA) is 51.0 Å². The molecule has 0 aliphatic heterocycles. The van der Waals surface area contributed by atoms with Gasteiger partial charge in [-0.25, -0.2) is 4.39 Å². The van der Waals surface area contributed by atoms with E-state index >= 15 is 0 Å². The van der Waals surface area contributed by atoms with E-state index in [2.05, 4.69) is 15.5 Å². The van der Waals surface area contributed by atoms with Crippen molar-refractivity contribution in [2.24, 2.45) is 0 Å². The summed E-state index contributed by atoms with van der Waals surface area (Å²) in [6, 6.07) is 14.3. The molecule has 0 spiro atoms. The van der Waals surface area contributed by atoms with Crippen LogP contribution in [0, 0.1) is 12.7 Å². The highest BCUT2D eigenvalue weighted by molar-refractivity contribution is 5.52. The molecule has 0 aliphatic rings. The van der Waals surface area contributed by atoms with Crippen LogP contribution in [-0.4, -0.2) is 10.2 Å². The summed E-state index contributed by atoms with van der Waals surface area (Å²) in [5, 5.41) is 11.1. The first-order chi connectivity index (χ1) is 10.2. The molecule has 0 atom stereocenters. The molecule has 1 N–H and O–H groups in total. The van der Waals surface area contributed by atoms with Crippen molar-refractivity contribution >= 4 is 5.69 Å². The zero-order chi connectivity index (χ0) is 14.7. The summed E-state index contributed by atoms with van der Waals surface area (Å²) in [7, 11) is 0. The summed E-state index contributed by atoms with van der Waals surface area (Å²) in [6.45, 7) is 2.19. The van der Waals surface area contributed by atoms with E-state index in [1.165, 1.54) is 12.1 Å². The van der Waals surface area contributed by atoms with Gasteiger partial charge in [-0.1, -0.05) is 18.2 Å². The molecule has 0 saturated carbocycles. The lowest BCUT2D eigenvalue weighted by Crippen LogP contribution is -2.00. The predicted molar refractivity (Wildman–Crippen MR) is 78.2 cm³/mol. The van der Waals surface area contributed by atoms with Gasteiger partial charge in [0.15, 0.2) is 0 Å². The van der Waals surface area contributed by atoms with Gasteiger partial charge in [-0.3, -0.25) is 0 Å². The van der Waals surface area contributed by atoms with Crippen molar-refractivity contribution in [1.82, 2.24) is 10.2 Å². The van der Waals surface area contributed by atoms with E-state index < -0.39 is 0 Å². The van der Waals surface area contributed by atoms with E-state index in [1.54, 1.807) is 0 Å². The third kappa shape index (κ3) is 3.25. The molecule has 0 aliphatic carbocycles. The second-order valence-electron chi connectivity index (χ2n) is 4.74. The fourth-order valence-electron chi connectivity index (χ4n) is 2.04. The number of nitrogens with zero attached hydrogens (tertiary/aromatic N) is 2. The van der Waals surface area contributed by atoms with Crippen LogP contribution in [0.1, 0.15) is 11.5 Å². The summed E-state index contributed by atoms with van der Waals surface area (Å²) < 4.78 is 18.9. The Labute approximate surface area is 121 Å². The zero-order valence-corrected chi connectivity index (χ0v) is 11.5. The minimum atomic E-state index is -0.270. The van der Waals surface area contributed by atoms with Gasteiger partial charge in [-0.2, -0.15) is 0 Å². The van der Waals surface area contributed by atoms with E-state index in [0.717, 1.165) is 11.1 Å². The Morgan fingerprint density at radius 1 is 1.10 bits per heavy atom. The van der Waals surface area contributed by atoms with Crippen molar-refractivity contribution in [2.45, 2.75) is 13.5 Å². The SMILES string of the molecule is Cc1cc(F)cc(NCc2nnc(-c3ccccc3)o2)c1. The number of rotatable bonds is 4. The lowest BCUT2D eigenvalue weighted by molar-refractivity contribution is 0.515. The highest BCUT2D eigenvalue weighted by atomic mass is 19.1. The molecule has 4 nitrogen and oxygen atoms in total. The lowest BCUT2D eigenvalue weighted by Gasteiger charge is -2.04. The maximum atomic E-state index is 13.3. The molecule has 0 fully saturated rings. The van der Waals surface area contributed by atoms with Crippen LogP contribution in [0.5, 0.6) is 0 Å². The normalized spacial score (nSPS) is 10.6. The first-order valence-corrected chi connectivity index (χ1v) is 6.59. The van der Waals surface area contributed by atoms with Crippen LogP contribution in [0.15, 0.2) is 52.9 Å². The van der Waals surface area contributed by atoms with Crippen LogP contribution in [0.3, 0.4) is 0 Å². The van der Waals surface area contributed by atoms with Crippen LogP contribution >= 0.6 is 0 Å². The largest absolute Gasteiger partial charge is 0.419 e. The molecule has 0 amide bonds. The number of halogens is 1. The average Bonchev–Trinajstić information content (AvgIpc) is 2.94. The number of hydrogen-bond donors (Lipinski definition) is 1. The molecule has 21 heavy (non-hydrogen) atoms.